The minimum Gasteiger partial charge on any atom is -0.353 e. The Kier molecular flexibility index (Phi) is 4.06. The molecule has 2 aliphatic heterocycles. The van der Waals surface area contributed by atoms with Crippen LogP contribution in [0.2, 0.25) is 0 Å². The van der Waals surface area contributed by atoms with Crippen molar-refractivity contribution in [2.45, 2.75) is 57.2 Å². The van der Waals surface area contributed by atoms with Crippen molar-refractivity contribution in [2.24, 2.45) is 5.92 Å². The van der Waals surface area contributed by atoms with E-state index in [4.69, 9.17) is 0 Å². The third kappa shape index (κ3) is 3.04. The zero-order valence-corrected chi connectivity index (χ0v) is 12.1. The zero-order valence-electron chi connectivity index (χ0n) is 12.1. The van der Waals surface area contributed by atoms with Gasteiger partial charge in [-0.05, 0) is 44.6 Å². The van der Waals surface area contributed by atoms with E-state index in [-0.39, 0.29) is 17.9 Å². The van der Waals surface area contributed by atoms with E-state index in [0.29, 0.717) is 12.1 Å². The highest BCUT2D eigenvalue weighted by molar-refractivity contribution is 5.80. The fourth-order valence-electron chi connectivity index (χ4n) is 3.56. The molecule has 0 spiro atoms. The summed E-state index contributed by atoms with van der Waals surface area (Å²) in [6.45, 7) is 2.11. The molecule has 0 saturated carbocycles. The molecule has 2 aliphatic rings. The maximum Gasteiger partial charge on any atom is 0.224 e. The number of benzene rings is 1. The molecule has 2 saturated heterocycles. The van der Waals surface area contributed by atoms with Crippen molar-refractivity contribution in [3.8, 4) is 0 Å². The van der Waals surface area contributed by atoms with Crippen LogP contribution < -0.4 is 10.6 Å². The van der Waals surface area contributed by atoms with E-state index in [1.165, 1.54) is 18.4 Å². The summed E-state index contributed by atoms with van der Waals surface area (Å²) in [7, 11) is 0. The van der Waals surface area contributed by atoms with E-state index in [2.05, 4.69) is 41.8 Å². The van der Waals surface area contributed by atoms with E-state index >= 15 is 0 Å². The lowest BCUT2D eigenvalue weighted by Gasteiger charge is -2.22. The number of amides is 1. The average molecular weight is 272 g/mol. The molecule has 0 radical (unpaired) electrons. The second kappa shape index (κ2) is 5.96. The zero-order chi connectivity index (χ0) is 13.9. The van der Waals surface area contributed by atoms with Gasteiger partial charge in [0, 0.05) is 18.1 Å². The van der Waals surface area contributed by atoms with Gasteiger partial charge >= 0.3 is 0 Å². The van der Waals surface area contributed by atoms with Crippen LogP contribution in [0.1, 0.15) is 38.2 Å². The quantitative estimate of drug-likeness (QED) is 0.863. The van der Waals surface area contributed by atoms with Crippen LogP contribution in [0.3, 0.4) is 0 Å². The Morgan fingerprint density at radius 2 is 2.15 bits per heavy atom. The summed E-state index contributed by atoms with van der Waals surface area (Å²) in [6, 6.07) is 11.7. The number of hydrogen-bond acceptors (Lipinski definition) is 2. The number of hydrogen-bond donors (Lipinski definition) is 2. The maximum atomic E-state index is 12.3. The van der Waals surface area contributed by atoms with Crippen LogP contribution in [0, 0.1) is 5.92 Å². The molecule has 2 heterocycles. The Morgan fingerprint density at radius 1 is 1.35 bits per heavy atom. The number of aryl methyl sites for hydroxylation is 1. The van der Waals surface area contributed by atoms with E-state index in [0.717, 1.165) is 19.3 Å². The molecule has 2 bridgehead atoms. The molecule has 1 aromatic carbocycles. The molecule has 1 amide bonds. The highest BCUT2D eigenvalue weighted by Gasteiger charge is 2.42. The lowest BCUT2D eigenvalue weighted by Crippen LogP contribution is -2.41. The van der Waals surface area contributed by atoms with Crippen LogP contribution >= 0.6 is 0 Å². The number of nitrogens with one attached hydrogen (secondary N) is 2. The molecule has 0 aliphatic carbocycles. The molecule has 20 heavy (non-hydrogen) atoms. The van der Waals surface area contributed by atoms with Crippen molar-refractivity contribution in [1.82, 2.24) is 10.6 Å². The first-order chi connectivity index (χ1) is 9.72. The molecule has 0 aromatic heterocycles. The van der Waals surface area contributed by atoms with Crippen LogP contribution in [-0.4, -0.2) is 24.0 Å². The molecule has 2 fully saturated rings. The summed E-state index contributed by atoms with van der Waals surface area (Å²) < 4.78 is 0. The van der Waals surface area contributed by atoms with Crippen LogP contribution in [0.5, 0.6) is 0 Å². The van der Waals surface area contributed by atoms with Crippen molar-refractivity contribution in [2.75, 3.05) is 0 Å². The highest BCUT2D eigenvalue weighted by atomic mass is 16.2. The minimum absolute atomic E-state index is 0.202. The number of rotatable bonds is 5. The van der Waals surface area contributed by atoms with Gasteiger partial charge in [-0.15, -0.1) is 0 Å². The van der Waals surface area contributed by atoms with E-state index < -0.39 is 0 Å². The molecule has 2 N–H and O–H groups in total. The first-order valence-corrected chi connectivity index (χ1v) is 7.82. The molecule has 4 unspecified atom stereocenters. The standard InChI is InChI=1S/C17H24N2O/c1-12(7-8-13-5-3-2-4-6-13)18-17(20)15-11-14-9-10-16(15)19-14/h2-6,12,14-16,19H,7-11H2,1H3,(H,18,20). The van der Waals surface area contributed by atoms with E-state index in [9.17, 15) is 4.79 Å². The van der Waals surface area contributed by atoms with Gasteiger partial charge in [0.2, 0.25) is 5.91 Å². The van der Waals surface area contributed by atoms with Crippen LogP contribution in [-0.2, 0) is 11.2 Å². The smallest absolute Gasteiger partial charge is 0.224 e. The van der Waals surface area contributed by atoms with Gasteiger partial charge in [0.05, 0.1) is 5.92 Å². The Morgan fingerprint density at radius 3 is 2.80 bits per heavy atom. The third-order valence-electron chi connectivity index (χ3n) is 4.73. The van der Waals surface area contributed by atoms with Gasteiger partial charge in [-0.25, -0.2) is 0 Å². The predicted octanol–water partition coefficient (Wildman–Crippen LogP) is 2.26. The summed E-state index contributed by atoms with van der Waals surface area (Å²) in [4.78, 5) is 12.3. The fraction of sp³-hybridized carbons (Fsp3) is 0.588. The monoisotopic (exact) mass is 272 g/mol. The van der Waals surface area contributed by atoms with Gasteiger partial charge < -0.3 is 10.6 Å². The molecular formula is C17H24N2O. The second-order valence-corrected chi connectivity index (χ2v) is 6.32. The fourth-order valence-corrected chi connectivity index (χ4v) is 3.56. The topological polar surface area (TPSA) is 41.1 Å². The number of fused-ring (bicyclic) bond motifs is 2. The van der Waals surface area contributed by atoms with Crippen molar-refractivity contribution in [3.63, 3.8) is 0 Å². The van der Waals surface area contributed by atoms with Crippen LogP contribution in [0.15, 0.2) is 30.3 Å². The molecule has 108 valence electrons. The number of carbonyl (C=O) groups is 1. The van der Waals surface area contributed by atoms with E-state index in [1.54, 1.807) is 0 Å². The normalized spacial score (nSPS) is 29.4. The molecule has 3 rings (SSSR count). The lowest BCUT2D eigenvalue weighted by molar-refractivity contribution is -0.126. The highest BCUT2D eigenvalue weighted by Crippen LogP contribution is 2.33. The van der Waals surface area contributed by atoms with Crippen molar-refractivity contribution in [3.05, 3.63) is 35.9 Å². The van der Waals surface area contributed by atoms with Gasteiger partial charge in [0.25, 0.3) is 0 Å². The maximum absolute atomic E-state index is 12.3. The summed E-state index contributed by atoms with van der Waals surface area (Å²) in [5.41, 5.74) is 1.34. The molecule has 3 nitrogen and oxygen atoms in total. The van der Waals surface area contributed by atoms with Crippen LogP contribution in [0.4, 0.5) is 0 Å². The predicted molar refractivity (Wildman–Crippen MR) is 80.4 cm³/mol. The van der Waals surface area contributed by atoms with Crippen LogP contribution in [0.25, 0.3) is 0 Å². The Balaban J connectivity index is 1.44. The van der Waals surface area contributed by atoms with Gasteiger partial charge in [-0.1, -0.05) is 30.3 Å². The van der Waals surface area contributed by atoms with Crippen molar-refractivity contribution >= 4 is 5.91 Å². The SMILES string of the molecule is CC(CCc1ccccc1)NC(=O)C1CC2CCC1N2. The Labute approximate surface area is 121 Å². The Bertz CT molecular complexity index is 459. The van der Waals surface area contributed by atoms with E-state index in [1.807, 2.05) is 6.07 Å². The lowest BCUT2D eigenvalue weighted by atomic mass is 9.88. The molecule has 3 heteroatoms. The minimum atomic E-state index is 0.202. The largest absolute Gasteiger partial charge is 0.353 e. The molecule has 4 atom stereocenters. The van der Waals surface area contributed by atoms with Gasteiger partial charge in [0.15, 0.2) is 0 Å². The average Bonchev–Trinajstić information content (AvgIpc) is 3.09. The summed E-state index contributed by atoms with van der Waals surface area (Å²) in [6.07, 6.45) is 5.47. The van der Waals surface area contributed by atoms with Crippen molar-refractivity contribution < 1.29 is 4.79 Å². The summed E-state index contributed by atoms with van der Waals surface area (Å²) in [5, 5.41) is 6.73. The van der Waals surface area contributed by atoms with Gasteiger partial charge in [-0.3, -0.25) is 4.79 Å². The summed E-state index contributed by atoms with van der Waals surface area (Å²) >= 11 is 0. The number of carbonyl (C=O) groups excluding carboxylic acids is 1. The Hall–Kier alpha value is -1.35. The molecule has 1 aromatic rings. The third-order valence-corrected chi connectivity index (χ3v) is 4.73. The second-order valence-electron chi connectivity index (χ2n) is 6.32. The van der Waals surface area contributed by atoms with Gasteiger partial charge in [-0.2, -0.15) is 0 Å². The van der Waals surface area contributed by atoms with Gasteiger partial charge in [0.1, 0.15) is 0 Å². The first-order valence-electron chi connectivity index (χ1n) is 7.82. The first kappa shape index (κ1) is 13.6. The summed E-state index contributed by atoms with van der Waals surface area (Å²) in [5.74, 6) is 0.457. The molecular weight excluding hydrogens is 248 g/mol. The van der Waals surface area contributed by atoms with Crippen molar-refractivity contribution in [1.29, 1.82) is 0 Å².